The van der Waals surface area contributed by atoms with Gasteiger partial charge in [-0.2, -0.15) is 0 Å². The molecule has 0 nitrogen and oxygen atoms in total. The van der Waals surface area contributed by atoms with Crippen LogP contribution in [0.2, 0.25) is 0 Å². The minimum Gasteiger partial charge on any atom is -0.204 e. The Labute approximate surface area is 150 Å². The number of hydrogen-bond donors (Lipinski definition) is 0. The van der Waals surface area contributed by atoms with Crippen LogP contribution in [0.15, 0.2) is 23.7 Å². The molecule has 0 atom stereocenters. The van der Waals surface area contributed by atoms with Gasteiger partial charge in [0.15, 0.2) is 58.2 Å². The van der Waals surface area contributed by atoms with E-state index in [1.165, 1.54) is 12.2 Å². The van der Waals surface area contributed by atoms with E-state index >= 15 is 0 Å². The molecule has 0 unspecified atom stereocenters. The zero-order valence-electron chi connectivity index (χ0n) is 13.3. The van der Waals surface area contributed by atoms with Gasteiger partial charge in [-0.1, -0.05) is 23.7 Å². The van der Waals surface area contributed by atoms with Crippen molar-refractivity contribution in [3.8, 4) is 0 Å². The second-order valence-corrected chi connectivity index (χ2v) is 5.77. The van der Waals surface area contributed by atoms with Crippen molar-refractivity contribution >= 4 is 17.6 Å². The monoisotopic (exact) mass is 410 g/mol. The minimum atomic E-state index is -2.53. The third kappa shape index (κ3) is 2.80. The average molecular weight is 410 g/mol. The summed E-state index contributed by atoms with van der Waals surface area (Å²) < 4.78 is 138. The molecule has 1 aliphatic carbocycles. The third-order valence-corrected chi connectivity index (χ3v) is 4.24. The molecule has 0 aromatic heterocycles. The fraction of sp³-hybridized carbons (Fsp3) is 0.0588. The number of benzene rings is 2. The summed E-state index contributed by atoms with van der Waals surface area (Å²) in [4.78, 5) is 0. The van der Waals surface area contributed by atoms with Gasteiger partial charge >= 0.3 is 0 Å². The quantitative estimate of drug-likeness (QED) is 0.309. The molecule has 0 fully saturated rings. The summed E-state index contributed by atoms with van der Waals surface area (Å²) in [5.74, 6) is -24.5. The van der Waals surface area contributed by atoms with E-state index < -0.39 is 75.8 Å². The fourth-order valence-corrected chi connectivity index (χ4v) is 2.94. The van der Waals surface area contributed by atoms with Gasteiger partial charge in [-0.25, -0.2) is 43.9 Å². The van der Waals surface area contributed by atoms with E-state index in [9.17, 15) is 43.9 Å². The predicted octanol–water partition coefficient (Wildman–Crippen LogP) is 4.11. The van der Waals surface area contributed by atoms with Gasteiger partial charge in [0, 0.05) is 10.9 Å². The lowest BCUT2D eigenvalue weighted by Crippen LogP contribution is -2.52. The number of rotatable bonds is 3. The van der Waals surface area contributed by atoms with Crippen molar-refractivity contribution in [1.29, 1.82) is 0 Å². The Bertz CT molecular complexity index is 929. The molecule has 0 spiro atoms. The normalized spacial score (nSPS) is 13.3. The van der Waals surface area contributed by atoms with Crippen LogP contribution in [0.25, 0.3) is 0 Å². The Hall–Kier alpha value is -2.72. The molecule has 0 amide bonds. The lowest BCUT2D eigenvalue weighted by atomic mass is 9.35. The maximum absolute atomic E-state index is 14.3. The Balaban J connectivity index is 2.44. The van der Waals surface area contributed by atoms with E-state index in [0.717, 1.165) is 6.08 Å². The first-order valence-corrected chi connectivity index (χ1v) is 7.47. The van der Waals surface area contributed by atoms with Crippen molar-refractivity contribution < 1.29 is 43.9 Å². The molecule has 0 aliphatic heterocycles. The largest absolute Gasteiger partial charge is 0.253 e. The second kappa shape index (κ2) is 7.03. The number of halogens is 10. The van der Waals surface area contributed by atoms with Gasteiger partial charge in [-0.15, -0.1) is 0 Å². The van der Waals surface area contributed by atoms with Gasteiger partial charge in [-0.3, -0.25) is 0 Å². The molecule has 0 N–H and O–H groups in total. The Morgan fingerprint density at radius 2 is 0.821 bits per heavy atom. The van der Waals surface area contributed by atoms with Crippen LogP contribution in [0.5, 0.6) is 0 Å². The highest BCUT2D eigenvalue weighted by molar-refractivity contribution is 6.91. The first-order chi connectivity index (χ1) is 13.1. The van der Waals surface area contributed by atoms with Crippen molar-refractivity contribution in [2.24, 2.45) is 0 Å². The highest BCUT2D eigenvalue weighted by atomic mass is 19.2. The van der Waals surface area contributed by atoms with Crippen LogP contribution in [0.3, 0.4) is 0 Å². The zero-order valence-corrected chi connectivity index (χ0v) is 13.3. The maximum atomic E-state index is 14.3. The van der Waals surface area contributed by atoms with Gasteiger partial charge in [0.1, 0.15) is 0 Å². The Kier molecular flexibility index (Phi) is 5.03. The molecule has 146 valence electrons. The molecule has 0 saturated heterocycles. The summed E-state index contributed by atoms with van der Waals surface area (Å²) in [6.45, 7) is -2.45. The summed E-state index contributed by atoms with van der Waals surface area (Å²) in [7, 11) is 0. The summed E-state index contributed by atoms with van der Waals surface area (Å²) in [5, 5.41) is 0. The lowest BCUT2D eigenvalue weighted by molar-refractivity contribution is 0.382. The molecule has 2 aromatic carbocycles. The van der Waals surface area contributed by atoms with Crippen molar-refractivity contribution in [2.75, 3.05) is 0 Å². The van der Waals surface area contributed by atoms with Gasteiger partial charge in [0.05, 0.1) is 0 Å². The van der Waals surface area contributed by atoms with E-state index in [1.807, 2.05) is 0 Å². The lowest BCUT2D eigenvalue weighted by Gasteiger charge is -2.20. The van der Waals surface area contributed by atoms with Crippen LogP contribution in [0, 0.1) is 58.2 Å². The van der Waals surface area contributed by atoms with Gasteiger partial charge < -0.3 is 0 Å². The van der Waals surface area contributed by atoms with Crippen LogP contribution < -0.4 is 10.9 Å². The first kappa shape index (κ1) is 20.0. The molecule has 0 saturated carbocycles. The summed E-state index contributed by atoms with van der Waals surface area (Å²) >= 11 is 0. The Morgan fingerprint density at radius 1 is 0.500 bits per heavy atom. The van der Waals surface area contributed by atoms with E-state index in [2.05, 4.69) is 0 Å². The van der Waals surface area contributed by atoms with Crippen molar-refractivity contribution in [3.63, 3.8) is 0 Å². The smallest absolute Gasteiger partial charge is 0.204 e. The van der Waals surface area contributed by atoms with Crippen LogP contribution in [-0.4, -0.2) is 6.71 Å². The first-order valence-electron chi connectivity index (χ1n) is 7.47. The molecular formula is C17H5BF10. The Morgan fingerprint density at radius 3 is 1.11 bits per heavy atom. The molecular weight excluding hydrogens is 405 g/mol. The van der Waals surface area contributed by atoms with E-state index in [1.54, 1.807) is 0 Å². The summed E-state index contributed by atoms with van der Waals surface area (Å²) in [6.07, 6.45) is 3.24. The molecule has 28 heavy (non-hydrogen) atoms. The van der Waals surface area contributed by atoms with Crippen LogP contribution in [-0.2, 0) is 0 Å². The molecule has 2 aromatic rings. The fourth-order valence-electron chi connectivity index (χ4n) is 2.94. The average Bonchev–Trinajstić information content (AvgIpc) is 3.21. The molecule has 0 heterocycles. The van der Waals surface area contributed by atoms with Crippen molar-refractivity contribution in [2.45, 2.75) is 6.42 Å². The molecule has 3 rings (SSSR count). The van der Waals surface area contributed by atoms with Crippen molar-refractivity contribution in [3.05, 3.63) is 81.9 Å². The highest BCUT2D eigenvalue weighted by Crippen LogP contribution is 2.24. The molecule has 0 radical (unpaired) electrons. The molecule has 0 bridgehead atoms. The molecule has 11 heteroatoms. The third-order valence-electron chi connectivity index (χ3n) is 4.24. The topological polar surface area (TPSA) is 0 Å². The standard InChI is InChI=1S/C17H5BF10/c19-8-6(9(20)13(24)16(27)12(8)23)18(5-3-1-2-4-5)7-10(21)14(25)17(28)15(26)11(7)22/h1-3H,4H2. The summed E-state index contributed by atoms with van der Waals surface area (Å²) in [6, 6.07) is 0. The van der Waals surface area contributed by atoms with E-state index in [4.69, 9.17) is 0 Å². The van der Waals surface area contributed by atoms with Gasteiger partial charge in [-0.05, 0) is 6.42 Å². The van der Waals surface area contributed by atoms with Gasteiger partial charge in [0.2, 0.25) is 0 Å². The number of hydrogen-bond acceptors (Lipinski definition) is 0. The minimum absolute atomic E-state index is 0.288. The van der Waals surface area contributed by atoms with Gasteiger partial charge in [0.25, 0.3) is 6.71 Å². The van der Waals surface area contributed by atoms with Crippen molar-refractivity contribution in [1.82, 2.24) is 0 Å². The van der Waals surface area contributed by atoms with Crippen LogP contribution in [0.4, 0.5) is 43.9 Å². The molecule has 1 aliphatic rings. The number of allylic oxidation sites excluding steroid dienone is 4. The van der Waals surface area contributed by atoms with E-state index in [-0.39, 0.29) is 11.9 Å². The van der Waals surface area contributed by atoms with Crippen LogP contribution in [0.1, 0.15) is 6.42 Å². The SMILES string of the molecule is Fc1c(F)c(F)c(B(C2=CC=CC2)c2c(F)c(F)c(F)c(F)c2F)c(F)c1F. The van der Waals surface area contributed by atoms with E-state index in [0.29, 0.717) is 0 Å². The zero-order chi connectivity index (χ0) is 20.9. The summed E-state index contributed by atoms with van der Waals surface area (Å²) in [5.41, 5.74) is -3.80. The maximum Gasteiger partial charge on any atom is 0.253 e. The predicted molar refractivity (Wildman–Crippen MR) is 79.3 cm³/mol. The van der Waals surface area contributed by atoms with Crippen LogP contribution >= 0.6 is 0 Å². The second-order valence-electron chi connectivity index (χ2n) is 5.77. The highest BCUT2D eigenvalue weighted by Gasteiger charge is 2.41.